The fourth-order valence-electron chi connectivity index (χ4n) is 1.59. The summed E-state index contributed by atoms with van der Waals surface area (Å²) in [4.78, 5) is 14.0. The van der Waals surface area contributed by atoms with E-state index in [0.717, 1.165) is 9.75 Å². The predicted molar refractivity (Wildman–Crippen MR) is 68.1 cm³/mol. The summed E-state index contributed by atoms with van der Waals surface area (Å²) < 4.78 is 12.7. The van der Waals surface area contributed by atoms with Crippen LogP contribution in [0.1, 0.15) is 20.1 Å². The van der Waals surface area contributed by atoms with Gasteiger partial charge in [-0.2, -0.15) is 0 Å². The van der Waals surface area contributed by atoms with Gasteiger partial charge in [-0.05, 0) is 44.2 Å². The van der Waals surface area contributed by atoms with E-state index in [1.807, 2.05) is 19.9 Å². The van der Waals surface area contributed by atoms with Crippen molar-refractivity contribution in [2.45, 2.75) is 13.8 Å². The van der Waals surface area contributed by atoms with E-state index in [1.165, 1.54) is 12.1 Å². The number of halogens is 1. The van der Waals surface area contributed by atoms with E-state index in [9.17, 15) is 9.18 Å². The SMILES string of the molecule is Cc1cc(C(=O)Nc2ccc(F)cc2)c(C)s1. The number of hydrogen-bond donors (Lipinski definition) is 1. The van der Waals surface area contributed by atoms with Crippen molar-refractivity contribution in [1.82, 2.24) is 0 Å². The molecule has 0 aliphatic carbocycles. The van der Waals surface area contributed by atoms with Gasteiger partial charge in [0.15, 0.2) is 0 Å². The molecule has 0 unspecified atom stereocenters. The maximum absolute atomic E-state index is 12.7. The lowest BCUT2D eigenvalue weighted by Gasteiger charge is -2.04. The number of aryl methyl sites for hydroxylation is 2. The van der Waals surface area contributed by atoms with Gasteiger partial charge < -0.3 is 5.32 Å². The Morgan fingerprint density at radius 2 is 1.88 bits per heavy atom. The number of thiophene rings is 1. The van der Waals surface area contributed by atoms with Gasteiger partial charge in [-0.1, -0.05) is 0 Å². The standard InChI is InChI=1S/C13H12FNOS/c1-8-7-12(9(2)17-8)13(16)15-11-5-3-10(14)4-6-11/h3-7H,1-2H3,(H,15,16). The van der Waals surface area contributed by atoms with Crippen molar-refractivity contribution in [3.8, 4) is 0 Å². The molecule has 4 heteroatoms. The molecule has 2 aromatic rings. The zero-order valence-electron chi connectivity index (χ0n) is 9.58. The second-order valence-electron chi connectivity index (χ2n) is 3.79. The Hall–Kier alpha value is -1.68. The number of rotatable bonds is 2. The quantitative estimate of drug-likeness (QED) is 0.862. The molecule has 0 aliphatic rings. The maximum Gasteiger partial charge on any atom is 0.256 e. The molecular weight excluding hydrogens is 237 g/mol. The minimum absolute atomic E-state index is 0.154. The van der Waals surface area contributed by atoms with Crippen LogP contribution in [0.4, 0.5) is 10.1 Å². The molecule has 1 aromatic heterocycles. The van der Waals surface area contributed by atoms with Crippen LogP contribution >= 0.6 is 11.3 Å². The van der Waals surface area contributed by atoms with Gasteiger partial charge in [0, 0.05) is 15.4 Å². The van der Waals surface area contributed by atoms with Gasteiger partial charge >= 0.3 is 0 Å². The molecule has 0 spiro atoms. The molecule has 0 aliphatic heterocycles. The molecule has 0 fully saturated rings. The number of benzene rings is 1. The van der Waals surface area contributed by atoms with Crippen LogP contribution in [0.3, 0.4) is 0 Å². The topological polar surface area (TPSA) is 29.1 Å². The average Bonchev–Trinajstić information content (AvgIpc) is 2.61. The Kier molecular flexibility index (Phi) is 3.24. The molecule has 0 saturated carbocycles. The van der Waals surface area contributed by atoms with Crippen LogP contribution < -0.4 is 5.32 Å². The number of amides is 1. The van der Waals surface area contributed by atoms with Gasteiger partial charge in [-0.25, -0.2) is 4.39 Å². The molecule has 2 rings (SSSR count). The Morgan fingerprint density at radius 3 is 2.41 bits per heavy atom. The van der Waals surface area contributed by atoms with Crippen molar-refractivity contribution in [2.75, 3.05) is 5.32 Å². The third-order valence-electron chi connectivity index (χ3n) is 2.39. The summed E-state index contributed by atoms with van der Waals surface area (Å²) in [6, 6.07) is 7.59. The van der Waals surface area contributed by atoms with Crippen LogP contribution in [0.2, 0.25) is 0 Å². The van der Waals surface area contributed by atoms with E-state index in [0.29, 0.717) is 11.3 Å². The van der Waals surface area contributed by atoms with Crippen LogP contribution in [0, 0.1) is 19.7 Å². The van der Waals surface area contributed by atoms with Crippen molar-refractivity contribution in [3.63, 3.8) is 0 Å². The maximum atomic E-state index is 12.7. The highest BCUT2D eigenvalue weighted by atomic mass is 32.1. The van der Waals surface area contributed by atoms with Crippen molar-refractivity contribution in [2.24, 2.45) is 0 Å². The smallest absolute Gasteiger partial charge is 0.256 e. The van der Waals surface area contributed by atoms with Crippen LogP contribution in [-0.4, -0.2) is 5.91 Å². The van der Waals surface area contributed by atoms with Gasteiger partial charge in [0.25, 0.3) is 5.91 Å². The molecule has 1 aromatic carbocycles. The van der Waals surface area contributed by atoms with Gasteiger partial charge in [0.1, 0.15) is 5.82 Å². The molecule has 0 radical (unpaired) electrons. The van der Waals surface area contributed by atoms with E-state index in [4.69, 9.17) is 0 Å². The molecule has 0 saturated heterocycles. The highest BCUT2D eigenvalue weighted by Crippen LogP contribution is 2.21. The molecule has 0 atom stereocenters. The monoisotopic (exact) mass is 249 g/mol. The summed E-state index contributed by atoms with van der Waals surface area (Å²) in [5, 5.41) is 2.74. The summed E-state index contributed by atoms with van der Waals surface area (Å²) in [6.45, 7) is 3.88. The zero-order valence-corrected chi connectivity index (χ0v) is 10.4. The van der Waals surface area contributed by atoms with Crippen molar-refractivity contribution in [1.29, 1.82) is 0 Å². The fraction of sp³-hybridized carbons (Fsp3) is 0.154. The number of hydrogen-bond acceptors (Lipinski definition) is 2. The van der Waals surface area contributed by atoms with Crippen LogP contribution in [-0.2, 0) is 0 Å². The molecule has 1 N–H and O–H groups in total. The lowest BCUT2D eigenvalue weighted by Crippen LogP contribution is -2.11. The van der Waals surface area contributed by atoms with Gasteiger partial charge in [-0.15, -0.1) is 11.3 Å². The summed E-state index contributed by atoms with van der Waals surface area (Å²) in [7, 11) is 0. The molecule has 2 nitrogen and oxygen atoms in total. The largest absolute Gasteiger partial charge is 0.322 e. The first-order valence-corrected chi connectivity index (χ1v) is 6.02. The Labute approximate surface area is 103 Å². The van der Waals surface area contributed by atoms with E-state index in [1.54, 1.807) is 23.5 Å². The lowest BCUT2D eigenvalue weighted by atomic mass is 10.2. The highest BCUT2D eigenvalue weighted by Gasteiger charge is 2.11. The molecule has 17 heavy (non-hydrogen) atoms. The molecular formula is C13H12FNOS. The molecule has 0 bridgehead atoms. The van der Waals surface area contributed by atoms with Gasteiger partial charge in [0.05, 0.1) is 5.56 Å². The summed E-state index contributed by atoms with van der Waals surface area (Å²) in [5.41, 5.74) is 1.27. The predicted octanol–water partition coefficient (Wildman–Crippen LogP) is 3.76. The minimum Gasteiger partial charge on any atom is -0.322 e. The highest BCUT2D eigenvalue weighted by molar-refractivity contribution is 7.12. The molecule has 1 amide bonds. The molecule has 88 valence electrons. The Morgan fingerprint density at radius 1 is 1.24 bits per heavy atom. The van der Waals surface area contributed by atoms with Gasteiger partial charge in [-0.3, -0.25) is 4.79 Å². The van der Waals surface area contributed by atoms with Crippen LogP contribution in [0.5, 0.6) is 0 Å². The third kappa shape index (κ3) is 2.71. The summed E-state index contributed by atoms with van der Waals surface area (Å²) in [6.07, 6.45) is 0. The third-order valence-corrected chi connectivity index (χ3v) is 3.35. The first-order chi connectivity index (χ1) is 8.06. The van der Waals surface area contributed by atoms with E-state index in [2.05, 4.69) is 5.32 Å². The molecule has 1 heterocycles. The lowest BCUT2D eigenvalue weighted by molar-refractivity contribution is 0.102. The second kappa shape index (κ2) is 4.67. The number of carbonyl (C=O) groups is 1. The van der Waals surface area contributed by atoms with Gasteiger partial charge in [0.2, 0.25) is 0 Å². The first kappa shape index (κ1) is 11.8. The fourth-order valence-corrected chi connectivity index (χ4v) is 2.51. The Balaban J connectivity index is 2.17. The van der Waals surface area contributed by atoms with Crippen molar-refractivity contribution >= 4 is 22.9 Å². The summed E-state index contributed by atoms with van der Waals surface area (Å²) in [5.74, 6) is -0.469. The minimum atomic E-state index is -0.314. The van der Waals surface area contributed by atoms with E-state index in [-0.39, 0.29) is 11.7 Å². The number of nitrogens with one attached hydrogen (secondary N) is 1. The van der Waals surface area contributed by atoms with Crippen molar-refractivity contribution < 1.29 is 9.18 Å². The van der Waals surface area contributed by atoms with Crippen molar-refractivity contribution in [3.05, 3.63) is 51.5 Å². The van der Waals surface area contributed by atoms with E-state index >= 15 is 0 Å². The van der Waals surface area contributed by atoms with E-state index < -0.39 is 0 Å². The number of carbonyl (C=O) groups excluding carboxylic acids is 1. The average molecular weight is 249 g/mol. The number of anilines is 1. The zero-order chi connectivity index (χ0) is 12.4. The van der Waals surface area contributed by atoms with Crippen LogP contribution in [0.25, 0.3) is 0 Å². The Bertz CT molecular complexity index is 545. The second-order valence-corrected chi connectivity index (χ2v) is 5.25. The van der Waals surface area contributed by atoms with Crippen LogP contribution in [0.15, 0.2) is 30.3 Å². The first-order valence-electron chi connectivity index (χ1n) is 5.20. The summed E-state index contributed by atoms with van der Waals surface area (Å²) >= 11 is 1.59. The normalized spacial score (nSPS) is 10.3.